The molecule has 0 amide bonds. The van der Waals surface area contributed by atoms with Gasteiger partial charge in [-0.1, -0.05) is 15.9 Å². The number of alkyl halides is 3. The molecule has 2 nitrogen and oxygen atoms in total. The molecule has 0 aliphatic heterocycles. The number of hydrogen-bond donors (Lipinski definition) is 1. The van der Waals surface area contributed by atoms with E-state index in [0.29, 0.717) is 0 Å². The fourth-order valence-electron chi connectivity index (χ4n) is 1.41. The van der Waals surface area contributed by atoms with E-state index in [4.69, 9.17) is 0 Å². The summed E-state index contributed by atoms with van der Waals surface area (Å²) in [5.74, 6) is 0. The van der Waals surface area contributed by atoms with Crippen molar-refractivity contribution in [2.75, 3.05) is 18.5 Å². The first-order chi connectivity index (χ1) is 7.79. The number of nitrogens with one attached hydrogen (secondary N) is 1. The summed E-state index contributed by atoms with van der Waals surface area (Å²) in [6.45, 7) is 3.56. The Bertz CT molecular complexity index is 370. The molecule has 0 aliphatic rings. The van der Waals surface area contributed by atoms with Gasteiger partial charge in [-0.05, 0) is 37.1 Å². The third-order valence-corrected chi connectivity index (χ3v) is 3.38. The van der Waals surface area contributed by atoms with E-state index in [-0.39, 0.29) is 6.54 Å². The maximum Gasteiger partial charge on any atom is 0.522 e. The summed E-state index contributed by atoms with van der Waals surface area (Å²) in [7, 11) is 0. The number of rotatable bonds is 4. The quantitative estimate of drug-likeness (QED) is 0.848. The molecule has 96 valence electrons. The van der Waals surface area contributed by atoms with E-state index >= 15 is 0 Å². The van der Waals surface area contributed by atoms with Crippen LogP contribution >= 0.6 is 15.9 Å². The van der Waals surface area contributed by atoms with Crippen LogP contribution in [0.4, 0.5) is 18.9 Å². The van der Waals surface area contributed by atoms with E-state index in [0.717, 1.165) is 21.3 Å². The molecule has 1 N–H and O–H groups in total. The third-order valence-electron chi connectivity index (χ3n) is 2.13. The molecule has 1 aromatic carbocycles. The lowest BCUT2D eigenvalue weighted by Crippen LogP contribution is -2.19. The summed E-state index contributed by atoms with van der Waals surface area (Å²) in [6.07, 6.45) is -4.56. The molecule has 0 atom stereocenters. The van der Waals surface area contributed by atoms with Crippen molar-refractivity contribution in [3.8, 4) is 0 Å². The van der Waals surface area contributed by atoms with Crippen molar-refractivity contribution < 1.29 is 17.9 Å². The van der Waals surface area contributed by atoms with Gasteiger partial charge in [0.1, 0.15) is 0 Å². The Balaban J connectivity index is 2.48. The second kappa shape index (κ2) is 5.73. The van der Waals surface area contributed by atoms with E-state index in [1.165, 1.54) is 0 Å². The molecule has 0 heterocycles. The van der Waals surface area contributed by atoms with Crippen LogP contribution < -0.4 is 5.32 Å². The predicted octanol–water partition coefficient (Wildman–Crippen LogP) is 4.01. The highest BCUT2D eigenvalue weighted by Gasteiger charge is 2.28. The van der Waals surface area contributed by atoms with Crippen molar-refractivity contribution in [3.05, 3.63) is 27.7 Å². The summed E-state index contributed by atoms with van der Waals surface area (Å²) >= 11 is 3.42. The standard InChI is InChI=1S/C11H13BrF3NO/c1-7-5-9(6-8(2)10(7)12)16-3-4-17-11(13,14)15/h5-6,16H,3-4H2,1-2H3. The highest BCUT2D eigenvalue weighted by Crippen LogP contribution is 2.25. The van der Waals surface area contributed by atoms with Gasteiger partial charge in [0, 0.05) is 16.7 Å². The zero-order chi connectivity index (χ0) is 13.1. The number of halogens is 4. The van der Waals surface area contributed by atoms with Gasteiger partial charge in [0.25, 0.3) is 0 Å². The number of anilines is 1. The number of aryl methyl sites for hydroxylation is 2. The first-order valence-corrected chi connectivity index (χ1v) is 5.80. The van der Waals surface area contributed by atoms with Crippen LogP contribution in [0.5, 0.6) is 0 Å². The zero-order valence-corrected chi connectivity index (χ0v) is 11.1. The van der Waals surface area contributed by atoms with Crippen LogP contribution in [-0.4, -0.2) is 19.5 Å². The van der Waals surface area contributed by atoms with Crippen LogP contribution in [0.15, 0.2) is 16.6 Å². The average molecular weight is 312 g/mol. The minimum absolute atomic E-state index is 0.111. The number of ether oxygens (including phenoxy) is 1. The molecule has 0 spiro atoms. The maximum absolute atomic E-state index is 11.7. The smallest absolute Gasteiger partial charge is 0.383 e. The summed E-state index contributed by atoms with van der Waals surface area (Å²) < 4.78 is 39.8. The molecular weight excluding hydrogens is 299 g/mol. The van der Waals surface area contributed by atoms with Gasteiger partial charge in [-0.3, -0.25) is 4.74 Å². The van der Waals surface area contributed by atoms with Crippen LogP contribution in [0.25, 0.3) is 0 Å². The second-order valence-electron chi connectivity index (χ2n) is 3.65. The molecule has 6 heteroatoms. The molecule has 1 rings (SSSR count). The van der Waals surface area contributed by atoms with Gasteiger partial charge >= 0.3 is 6.36 Å². The molecule has 1 aromatic rings. The van der Waals surface area contributed by atoms with Crippen molar-refractivity contribution in [1.82, 2.24) is 0 Å². The maximum atomic E-state index is 11.7. The average Bonchev–Trinajstić information content (AvgIpc) is 2.19. The van der Waals surface area contributed by atoms with E-state index in [9.17, 15) is 13.2 Å². The topological polar surface area (TPSA) is 21.3 Å². The Kier molecular flexibility index (Phi) is 4.82. The predicted molar refractivity (Wildman–Crippen MR) is 64.1 cm³/mol. The van der Waals surface area contributed by atoms with E-state index < -0.39 is 13.0 Å². The Morgan fingerprint density at radius 3 is 2.24 bits per heavy atom. The summed E-state index contributed by atoms with van der Waals surface area (Å²) in [4.78, 5) is 0. The van der Waals surface area contributed by atoms with Crippen molar-refractivity contribution in [1.29, 1.82) is 0 Å². The first kappa shape index (κ1) is 14.3. The van der Waals surface area contributed by atoms with Gasteiger partial charge in [-0.25, -0.2) is 0 Å². The molecule has 0 saturated carbocycles. The lowest BCUT2D eigenvalue weighted by molar-refractivity contribution is -0.322. The Morgan fingerprint density at radius 1 is 1.24 bits per heavy atom. The van der Waals surface area contributed by atoms with Crippen LogP contribution in [0, 0.1) is 13.8 Å². The Labute approximate surface area is 106 Å². The highest BCUT2D eigenvalue weighted by atomic mass is 79.9. The largest absolute Gasteiger partial charge is 0.522 e. The molecule has 0 aromatic heterocycles. The van der Waals surface area contributed by atoms with Crippen LogP contribution in [0.1, 0.15) is 11.1 Å². The van der Waals surface area contributed by atoms with Gasteiger partial charge in [-0.15, -0.1) is 13.2 Å². The van der Waals surface area contributed by atoms with E-state index in [1.807, 2.05) is 26.0 Å². The minimum atomic E-state index is -4.56. The molecule has 0 bridgehead atoms. The number of hydrogen-bond acceptors (Lipinski definition) is 2. The lowest BCUT2D eigenvalue weighted by Gasteiger charge is -2.11. The summed E-state index contributed by atoms with van der Waals surface area (Å²) in [5, 5.41) is 2.88. The monoisotopic (exact) mass is 311 g/mol. The minimum Gasteiger partial charge on any atom is -0.383 e. The van der Waals surface area contributed by atoms with Gasteiger partial charge < -0.3 is 5.32 Å². The molecule has 17 heavy (non-hydrogen) atoms. The molecule has 0 fully saturated rings. The first-order valence-electron chi connectivity index (χ1n) is 5.01. The summed E-state index contributed by atoms with van der Waals surface area (Å²) in [5.41, 5.74) is 2.85. The van der Waals surface area contributed by atoms with Gasteiger partial charge in [0.15, 0.2) is 0 Å². The Hall–Kier alpha value is -0.750. The highest BCUT2D eigenvalue weighted by molar-refractivity contribution is 9.10. The van der Waals surface area contributed by atoms with Gasteiger partial charge in [0.05, 0.1) is 6.61 Å². The molecule has 0 aliphatic carbocycles. The van der Waals surface area contributed by atoms with Gasteiger partial charge in [-0.2, -0.15) is 0 Å². The fourth-order valence-corrected chi connectivity index (χ4v) is 1.64. The Morgan fingerprint density at radius 2 is 1.76 bits per heavy atom. The van der Waals surface area contributed by atoms with Crippen molar-refractivity contribution >= 4 is 21.6 Å². The normalized spacial score (nSPS) is 11.6. The molecule has 0 unspecified atom stereocenters. The molecular formula is C11H13BrF3NO. The molecule has 0 radical (unpaired) electrons. The van der Waals surface area contributed by atoms with E-state index in [2.05, 4.69) is 26.0 Å². The lowest BCUT2D eigenvalue weighted by atomic mass is 10.1. The van der Waals surface area contributed by atoms with Gasteiger partial charge in [0.2, 0.25) is 0 Å². The van der Waals surface area contributed by atoms with Crippen LogP contribution in [0.3, 0.4) is 0 Å². The van der Waals surface area contributed by atoms with E-state index in [1.54, 1.807) is 0 Å². The zero-order valence-electron chi connectivity index (χ0n) is 9.49. The van der Waals surface area contributed by atoms with Crippen molar-refractivity contribution in [3.63, 3.8) is 0 Å². The third kappa shape index (κ3) is 4.95. The molecule has 0 saturated heterocycles. The fraction of sp³-hybridized carbons (Fsp3) is 0.455. The van der Waals surface area contributed by atoms with Crippen molar-refractivity contribution in [2.45, 2.75) is 20.2 Å². The SMILES string of the molecule is Cc1cc(NCCOC(F)(F)F)cc(C)c1Br. The van der Waals surface area contributed by atoms with Crippen LogP contribution in [0.2, 0.25) is 0 Å². The van der Waals surface area contributed by atoms with Crippen LogP contribution in [-0.2, 0) is 4.74 Å². The second-order valence-corrected chi connectivity index (χ2v) is 4.44. The summed E-state index contributed by atoms with van der Waals surface area (Å²) in [6, 6.07) is 3.73. The number of benzene rings is 1. The van der Waals surface area contributed by atoms with Crippen molar-refractivity contribution in [2.24, 2.45) is 0 Å².